The maximum Gasteiger partial charge on any atom is 0.272 e. The number of nitrogens with one attached hydrogen (secondary N) is 2. The first kappa shape index (κ1) is 22.1. The first-order valence-electron chi connectivity index (χ1n) is 9.73. The normalized spacial score (nSPS) is 10.6. The lowest BCUT2D eigenvalue weighted by Gasteiger charge is -2.08. The Bertz CT molecular complexity index is 1040. The number of halogens is 1. The lowest BCUT2D eigenvalue weighted by Crippen LogP contribution is -2.30. The molecule has 3 aromatic carbocycles. The van der Waals surface area contributed by atoms with E-state index in [0.29, 0.717) is 22.9 Å². The van der Waals surface area contributed by atoms with Gasteiger partial charge < -0.3 is 10.1 Å². The predicted molar refractivity (Wildman–Crippen MR) is 122 cm³/mol. The van der Waals surface area contributed by atoms with Gasteiger partial charge in [-0.25, -0.2) is 5.43 Å². The van der Waals surface area contributed by atoms with Crippen molar-refractivity contribution in [1.82, 2.24) is 10.7 Å². The van der Waals surface area contributed by atoms with Crippen molar-refractivity contribution in [2.24, 2.45) is 5.10 Å². The fraction of sp³-hybridized carbons (Fsp3) is 0.125. The zero-order valence-electron chi connectivity index (χ0n) is 16.8. The van der Waals surface area contributed by atoms with E-state index in [4.69, 9.17) is 16.3 Å². The number of hydrogen-bond donors (Lipinski definition) is 2. The second kappa shape index (κ2) is 11.5. The minimum Gasteiger partial charge on any atom is -0.484 e. The third-order valence-electron chi connectivity index (χ3n) is 4.33. The van der Waals surface area contributed by atoms with Crippen molar-refractivity contribution in [3.8, 4) is 5.75 Å². The molecule has 6 nitrogen and oxygen atoms in total. The number of rotatable bonds is 9. The topological polar surface area (TPSA) is 79.8 Å². The van der Waals surface area contributed by atoms with Crippen LogP contribution in [0.4, 0.5) is 0 Å². The summed E-state index contributed by atoms with van der Waals surface area (Å²) in [6.45, 7) is 0.498. The highest BCUT2D eigenvalue weighted by molar-refractivity contribution is 6.33. The molecule has 2 N–H and O–H groups in total. The Morgan fingerprint density at radius 3 is 2.39 bits per heavy atom. The molecule has 0 unspecified atom stereocenters. The summed E-state index contributed by atoms with van der Waals surface area (Å²) >= 11 is 5.99. The van der Waals surface area contributed by atoms with Gasteiger partial charge in [0.25, 0.3) is 11.8 Å². The average molecular weight is 436 g/mol. The Kier molecular flexibility index (Phi) is 8.20. The van der Waals surface area contributed by atoms with Crippen LogP contribution in [-0.2, 0) is 11.2 Å². The number of hydrogen-bond acceptors (Lipinski definition) is 4. The molecule has 0 saturated heterocycles. The summed E-state index contributed by atoms with van der Waals surface area (Å²) in [5, 5.41) is 7.13. The van der Waals surface area contributed by atoms with Crippen molar-refractivity contribution in [3.05, 3.63) is 101 Å². The molecule has 0 heterocycles. The third-order valence-corrected chi connectivity index (χ3v) is 4.66. The van der Waals surface area contributed by atoms with Gasteiger partial charge in [0.15, 0.2) is 6.61 Å². The molecule has 3 rings (SSSR count). The first-order valence-corrected chi connectivity index (χ1v) is 10.1. The van der Waals surface area contributed by atoms with E-state index in [0.717, 1.165) is 12.0 Å². The van der Waals surface area contributed by atoms with Gasteiger partial charge in [-0.05, 0) is 53.9 Å². The van der Waals surface area contributed by atoms with Gasteiger partial charge in [0.1, 0.15) is 5.75 Å². The highest BCUT2D eigenvalue weighted by atomic mass is 35.5. The summed E-state index contributed by atoms with van der Waals surface area (Å²) in [6, 6.07) is 23.7. The summed E-state index contributed by atoms with van der Waals surface area (Å²) in [5.41, 5.74) is 4.72. The zero-order chi connectivity index (χ0) is 21.9. The maximum absolute atomic E-state index is 12.0. The van der Waals surface area contributed by atoms with Crippen LogP contribution in [0.15, 0.2) is 84.0 Å². The van der Waals surface area contributed by atoms with E-state index in [2.05, 4.69) is 15.8 Å². The third kappa shape index (κ3) is 7.28. The molecular formula is C24H22ClN3O3. The molecule has 158 valence electrons. The minimum absolute atomic E-state index is 0.0594. The molecule has 0 radical (unpaired) electrons. The lowest BCUT2D eigenvalue weighted by molar-refractivity contribution is -0.123. The number of hydrazone groups is 1. The van der Waals surface area contributed by atoms with Gasteiger partial charge in [0, 0.05) is 6.54 Å². The number of carbonyl (C=O) groups excluding carboxylic acids is 2. The van der Waals surface area contributed by atoms with Crippen LogP contribution in [0.1, 0.15) is 21.5 Å². The molecule has 0 aliphatic rings. The molecule has 0 aromatic heterocycles. The number of ether oxygens (including phenoxy) is 1. The summed E-state index contributed by atoms with van der Waals surface area (Å²) in [7, 11) is 0. The van der Waals surface area contributed by atoms with Crippen LogP contribution >= 0.6 is 11.6 Å². The van der Waals surface area contributed by atoms with Crippen LogP contribution in [-0.4, -0.2) is 31.2 Å². The van der Waals surface area contributed by atoms with Crippen molar-refractivity contribution >= 4 is 29.6 Å². The van der Waals surface area contributed by atoms with Crippen LogP contribution in [0.5, 0.6) is 5.75 Å². The molecular weight excluding hydrogens is 414 g/mol. The van der Waals surface area contributed by atoms with Crippen LogP contribution in [0.2, 0.25) is 5.02 Å². The largest absolute Gasteiger partial charge is 0.484 e. The molecule has 7 heteroatoms. The molecule has 2 amide bonds. The highest BCUT2D eigenvalue weighted by Gasteiger charge is 2.07. The van der Waals surface area contributed by atoms with Gasteiger partial charge in [-0.1, -0.05) is 54.1 Å². The van der Waals surface area contributed by atoms with Gasteiger partial charge in [0.05, 0.1) is 16.8 Å². The quantitative estimate of drug-likeness (QED) is 0.396. The molecule has 0 aliphatic carbocycles. The van der Waals surface area contributed by atoms with E-state index in [-0.39, 0.29) is 18.4 Å². The molecule has 3 aromatic rings. The summed E-state index contributed by atoms with van der Waals surface area (Å²) in [6.07, 6.45) is 2.28. The summed E-state index contributed by atoms with van der Waals surface area (Å²) in [4.78, 5) is 24.0. The monoisotopic (exact) mass is 435 g/mol. The van der Waals surface area contributed by atoms with Crippen molar-refractivity contribution in [1.29, 1.82) is 0 Å². The Balaban J connectivity index is 1.39. The molecule has 0 fully saturated rings. The van der Waals surface area contributed by atoms with E-state index in [1.807, 2.05) is 30.3 Å². The highest BCUT2D eigenvalue weighted by Crippen LogP contribution is 2.14. The van der Waals surface area contributed by atoms with Gasteiger partial charge in [-0.15, -0.1) is 0 Å². The second-order valence-corrected chi connectivity index (χ2v) is 7.03. The molecule has 31 heavy (non-hydrogen) atoms. The van der Waals surface area contributed by atoms with Crippen molar-refractivity contribution in [2.45, 2.75) is 6.42 Å². The summed E-state index contributed by atoms with van der Waals surface area (Å²) < 4.78 is 5.50. The molecule has 0 saturated carbocycles. The summed E-state index contributed by atoms with van der Waals surface area (Å²) in [5.74, 6) is -0.000558. The Morgan fingerprint density at radius 2 is 1.65 bits per heavy atom. The van der Waals surface area contributed by atoms with E-state index < -0.39 is 0 Å². The second-order valence-electron chi connectivity index (χ2n) is 6.62. The van der Waals surface area contributed by atoms with Crippen LogP contribution < -0.4 is 15.5 Å². The van der Waals surface area contributed by atoms with E-state index >= 15 is 0 Å². The fourth-order valence-electron chi connectivity index (χ4n) is 2.71. The van der Waals surface area contributed by atoms with Crippen LogP contribution in [0.3, 0.4) is 0 Å². The lowest BCUT2D eigenvalue weighted by atomic mass is 10.1. The van der Waals surface area contributed by atoms with Crippen molar-refractivity contribution < 1.29 is 14.3 Å². The SMILES string of the molecule is O=C(COc1ccc(/C=N\NC(=O)c2ccccc2Cl)cc1)NCCc1ccccc1. The minimum atomic E-state index is -0.389. The van der Waals surface area contributed by atoms with Crippen LogP contribution in [0, 0.1) is 0 Å². The van der Waals surface area contributed by atoms with Gasteiger partial charge in [-0.3, -0.25) is 9.59 Å². The Morgan fingerprint density at radius 1 is 0.935 bits per heavy atom. The van der Waals surface area contributed by atoms with E-state index in [1.165, 1.54) is 11.8 Å². The van der Waals surface area contributed by atoms with Crippen molar-refractivity contribution in [3.63, 3.8) is 0 Å². The van der Waals surface area contributed by atoms with Crippen LogP contribution in [0.25, 0.3) is 0 Å². The average Bonchev–Trinajstić information content (AvgIpc) is 2.79. The fourth-order valence-corrected chi connectivity index (χ4v) is 2.93. The number of amides is 2. The predicted octanol–water partition coefficient (Wildman–Crippen LogP) is 3.84. The van der Waals surface area contributed by atoms with Gasteiger partial charge in [-0.2, -0.15) is 5.10 Å². The van der Waals surface area contributed by atoms with Crippen molar-refractivity contribution in [2.75, 3.05) is 13.2 Å². The molecule has 0 aliphatic heterocycles. The smallest absolute Gasteiger partial charge is 0.272 e. The van der Waals surface area contributed by atoms with Gasteiger partial charge in [0.2, 0.25) is 0 Å². The number of benzene rings is 3. The maximum atomic E-state index is 12.0. The number of nitrogens with zero attached hydrogens (tertiary/aromatic N) is 1. The zero-order valence-corrected chi connectivity index (χ0v) is 17.5. The van der Waals surface area contributed by atoms with Gasteiger partial charge >= 0.3 is 0 Å². The number of carbonyl (C=O) groups is 2. The first-order chi connectivity index (χ1) is 15.1. The Labute approximate surface area is 185 Å². The van der Waals surface area contributed by atoms with E-state index in [9.17, 15) is 9.59 Å². The molecule has 0 bridgehead atoms. The van der Waals surface area contributed by atoms with E-state index in [1.54, 1.807) is 48.5 Å². The molecule has 0 atom stereocenters. The molecule has 0 spiro atoms. The Hall–Kier alpha value is -3.64. The standard InChI is InChI=1S/C24H22ClN3O3/c25-22-9-5-4-8-21(22)24(30)28-27-16-19-10-12-20(13-11-19)31-17-23(29)26-15-14-18-6-2-1-3-7-18/h1-13,16H,14-15,17H2,(H,26,29)(H,28,30)/b27-16-.